The quantitative estimate of drug-likeness (QED) is 0.0466. The highest BCUT2D eigenvalue weighted by Crippen LogP contribution is 2.08. The van der Waals surface area contributed by atoms with Crippen LogP contribution in [0, 0.1) is 0 Å². The van der Waals surface area contributed by atoms with Gasteiger partial charge >= 0.3 is 5.97 Å². The van der Waals surface area contributed by atoms with E-state index in [0.29, 0.717) is 19.4 Å². The lowest BCUT2D eigenvalue weighted by Gasteiger charge is -2.25. The van der Waals surface area contributed by atoms with Gasteiger partial charge < -0.3 is 43.6 Å². The van der Waals surface area contributed by atoms with E-state index in [1.165, 1.54) is 0 Å². The van der Waals surface area contributed by atoms with Crippen LogP contribution in [0.3, 0.4) is 0 Å². The van der Waals surface area contributed by atoms with Crippen LogP contribution in [0.25, 0.3) is 0 Å². The lowest BCUT2D eigenvalue weighted by Crippen LogP contribution is -2.57. The molecular formula is C19H34N8O6S. The van der Waals surface area contributed by atoms with Crippen LogP contribution >= 0.6 is 12.6 Å². The van der Waals surface area contributed by atoms with Crippen LogP contribution < -0.4 is 38.5 Å². The minimum atomic E-state index is -1.31. The third kappa shape index (κ3) is 10.7. The number of carbonyl (C=O) groups is 5. The molecule has 0 saturated carbocycles. The Labute approximate surface area is 202 Å². The summed E-state index contributed by atoms with van der Waals surface area (Å²) in [4.78, 5) is 64.5. The van der Waals surface area contributed by atoms with Gasteiger partial charge in [-0.05, 0) is 38.6 Å². The van der Waals surface area contributed by atoms with E-state index >= 15 is 0 Å². The van der Waals surface area contributed by atoms with E-state index < -0.39 is 47.9 Å². The van der Waals surface area contributed by atoms with E-state index in [1.807, 2.05) is 0 Å². The maximum absolute atomic E-state index is 13.0. The van der Waals surface area contributed by atoms with E-state index in [2.05, 4.69) is 38.9 Å². The molecule has 11 N–H and O–H groups in total. The van der Waals surface area contributed by atoms with Crippen molar-refractivity contribution in [1.82, 2.24) is 21.3 Å². The zero-order valence-electron chi connectivity index (χ0n) is 18.8. The minimum Gasteiger partial charge on any atom is -0.480 e. The van der Waals surface area contributed by atoms with Crippen molar-refractivity contribution < 1.29 is 29.1 Å². The number of nitrogens with one attached hydrogen (secondary N) is 4. The molecule has 1 aliphatic rings. The maximum Gasteiger partial charge on any atom is 0.327 e. The zero-order valence-corrected chi connectivity index (χ0v) is 19.7. The van der Waals surface area contributed by atoms with Crippen LogP contribution in [0.1, 0.15) is 38.5 Å². The Morgan fingerprint density at radius 2 is 1.62 bits per heavy atom. The number of guanidine groups is 1. The number of carboxylic acids is 1. The molecule has 0 aromatic heterocycles. The molecule has 14 nitrogen and oxygen atoms in total. The van der Waals surface area contributed by atoms with Crippen molar-refractivity contribution in [1.29, 1.82) is 0 Å². The Bertz CT molecular complexity index is 770. The van der Waals surface area contributed by atoms with Crippen molar-refractivity contribution in [3.05, 3.63) is 0 Å². The average molecular weight is 503 g/mol. The number of thiol groups is 1. The van der Waals surface area contributed by atoms with Crippen LogP contribution in [0.5, 0.6) is 0 Å². The van der Waals surface area contributed by atoms with Crippen molar-refractivity contribution in [2.75, 3.05) is 18.8 Å². The van der Waals surface area contributed by atoms with Gasteiger partial charge in [0.1, 0.15) is 18.1 Å². The molecule has 4 atom stereocenters. The van der Waals surface area contributed by atoms with E-state index in [1.54, 1.807) is 0 Å². The number of primary amides is 1. The fourth-order valence-corrected chi connectivity index (χ4v) is 3.49. The van der Waals surface area contributed by atoms with E-state index in [4.69, 9.17) is 22.3 Å². The van der Waals surface area contributed by atoms with Gasteiger partial charge in [-0.3, -0.25) is 24.2 Å². The number of hydrogen-bond donors (Lipinski definition) is 9. The van der Waals surface area contributed by atoms with Gasteiger partial charge in [0.15, 0.2) is 5.96 Å². The molecule has 192 valence electrons. The summed E-state index contributed by atoms with van der Waals surface area (Å²) >= 11 is 3.89. The summed E-state index contributed by atoms with van der Waals surface area (Å²) in [5.74, 6) is -4.17. The molecule has 0 spiro atoms. The Morgan fingerprint density at radius 1 is 1.00 bits per heavy atom. The van der Waals surface area contributed by atoms with Crippen molar-refractivity contribution in [3.63, 3.8) is 0 Å². The smallest absolute Gasteiger partial charge is 0.327 e. The number of nitrogens with two attached hydrogens (primary N) is 3. The van der Waals surface area contributed by atoms with Gasteiger partial charge in [-0.15, -0.1) is 0 Å². The highest BCUT2D eigenvalue weighted by Gasteiger charge is 2.31. The summed E-state index contributed by atoms with van der Waals surface area (Å²) < 4.78 is 0. The summed E-state index contributed by atoms with van der Waals surface area (Å²) in [5, 5.41) is 19.6. The number of rotatable bonds is 15. The Kier molecular flexibility index (Phi) is 12.7. The third-order valence-corrected chi connectivity index (χ3v) is 5.43. The number of amides is 4. The second kappa shape index (κ2) is 15.0. The van der Waals surface area contributed by atoms with E-state index in [-0.39, 0.29) is 43.4 Å². The molecule has 0 aromatic rings. The van der Waals surface area contributed by atoms with E-state index in [0.717, 1.165) is 6.42 Å². The Morgan fingerprint density at radius 3 is 2.12 bits per heavy atom. The lowest BCUT2D eigenvalue weighted by atomic mass is 10.1. The number of aliphatic imine (C=N–C) groups is 1. The molecule has 1 saturated heterocycles. The summed E-state index contributed by atoms with van der Waals surface area (Å²) in [6.45, 7) is 0.905. The molecule has 4 unspecified atom stereocenters. The first-order valence-electron chi connectivity index (χ1n) is 10.9. The fourth-order valence-electron chi connectivity index (χ4n) is 3.24. The van der Waals surface area contributed by atoms with Crippen LogP contribution in [0.4, 0.5) is 0 Å². The molecule has 15 heteroatoms. The number of hydrogen-bond acceptors (Lipinski definition) is 8. The van der Waals surface area contributed by atoms with Gasteiger partial charge in [-0.25, -0.2) is 4.79 Å². The number of nitrogens with zero attached hydrogens (tertiary/aromatic N) is 1. The molecule has 1 heterocycles. The number of aliphatic carboxylic acids is 1. The highest BCUT2D eigenvalue weighted by molar-refractivity contribution is 7.80. The van der Waals surface area contributed by atoms with Gasteiger partial charge in [0.2, 0.25) is 23.6 Å². The predicted molar refractivity (Wildman–Crippen MR) is 127 cm³/mol. The average Bonchev–Trinajstić information content (AvgIpc) is 3.31. The van der Waals surface area contributed by atoms with Crippen LogP contribution in [0.15, 0.2) is 4.99 Å². The Balaban J connectivity index is 2.94. The summed E-state index contributed by atoms with van der Waals surface area (Å²) in [5.41, 5.74) is 15.8. The normalized spacial score (nSPS) is 17.6. The molecule has 4 amide bonds. The third-order valence-electron chi connectivity index (χ3n) is 5.06. The molecule has 0 radical (unpaired) electrons. The van der Waals surface area contributed by atoms with Crippen molar-refractivity contribution in [2.45, 2.75) is 62.7 Å². The van der Waals surface area contributed by atoms with Gasteiger partial charge in [0, 0.05) is 18.7 Å². The van der Waals surface area contributed by atoms with Gasteiger partial charge in [-0.1, -0.05) is 0 Å². The molecule has 0 bridgehead atoms. The Hall–Kier alpha value is -3.07. The van der Waals surface area contributed by atoms with Crippen molar-refractivity contribution in [2.24, 2.45) is 22.2 Å². The second-order valence-electron chi connectivity index (χ2n) is 7.81. The number of carboxylic acid groups (broad SMARTS) is 1. The molecule has 34 heavy (non-hydrogen) atoms. The molecule has 0 aliphatic carbocycles. The van der Waals surface area contributed by atoms with Gasteiger partial charge in [0.05, 0.1) is 6.04 Å². The molecule has 0 aromatic carbocycles. The fraction of sp³-hybridized carbons (Fsp3) is 0.684. The van der Waals surface area contributed by atoms with Gasteiger partial charge in [-0.2, -0.15) is 12.6 Å². The highest BCUT2D eigenvalue weighted by atomic mass is 32.1. The molecule has 1 rings (SSSR count). The van der Waals surface area contributed by atoms with Crippen LogP contribution in [0.2, 0.25) is 0 Å². The van der Waals surface area contributed by atoms with E-state index in [9.17, 15) is 24.0 Å². The summed E-state index contributed by atoms with van der Waals surface area (Å²) in [6, 6.07) is -4.02. The largest absolute Gasteiger partial charge is 0.480 e. The molecule has 1 aliphatic heterocycles. The first-order chi connectivity index (χ1) is 16.0. The molecule has 1 fully saturated rings. The van der Waals surface area contributed by atoms with Crippen LogP contribution in [-0.4, -0.2) is 83.7 Å². The van der Waals surface area contributed by atoms with Crippen LogP contribution in [-0.2, 0) is 24.0 Å². The number of carbonyl (C=O) groups excluding carboxylic acids is 4. The summed E-state index contributed by atoms with van der Waals surface area (Å²) in [7, 11) is 0. The lowest BCUT2D eigenvalue weighted by molar-refractivity contribution is -0.141. The summed E-state index contributed by atoms with van der Waals surface area (Å²) in [6.07, 6.45) is 1.57. The SMILES string of the molecule is NC(=O)CCC(NC(=O)C(CCCN=C(N)N)NC(=O)C1CCCN1)C(=O)NC(CS)C(=O)O. The zero-order chi connectivity index (χ0) is 25.7. The molecular weight excluding hydrogens is 468 g/mol. The minimum absolute atomic E-state index is 0.111. The predicted octanol–water partition coefficient (Wildman–Crippen LogP) is -3.47. The maximum atomic E-state index is 13.0. The monoisotopic (exact) mass is 502 g/mol. The van der Waals surface area contributed by atoms with Crippen molar-refractivity contribution >= 4 is 48.2 Å². The first kappa shape index (κ1) is 29.0. The first-order valence-corrected chi connectivity index (χ1v) is 11.5. The standard InChI is InChI=1S/C19H34N8O6S/c20-14(28)6-5-12(17(31)27-13(9-34)18(32)33)26-16(30)11(4-2-8-24-19(21)22)25-15(29)10-3-1-7-23-10/h10-13,23,34H,1-9H2,(H2,20,28)(H,25,29)(H,26,30)(H,27,31)(H,32,33)(H4,21,22,24). The van der Waals surface area contributed by atoms with Gasteiger partial charge in [0.25, 0.3) is 0 Å². The topological polar surface area (TPSA) is 244 Å². The van der Waals surface area contributed by atoms with Crippen molar-refractivity contribution in [3.8, 4) is 0 Å². The second-order valence-corrected chi connectivity index (χ2v) is 8.17.